The van der Waals surface area contributed by atoms with E-state index < -0.39 is 0 Å². The van der Waals surface area contributed by atoms with Gasteiger partial charge in [0.1, 0.15) is 0 Å². The highest BCUT2D eigenvalue weighted by atomic mass is 32.1. The molecule has 0 radical (unpaired) electrons. The van der Waals surface area contributed by atoms with Gasteiger partial charge >= 0.3 is 0 Å². The lowest BCUT2D eigenvalue weighted by molar-refractivity contribution is 0.122. The van der Waals surface area contributed by atoms with E-state index in [0.29, 0.717) is 0 Å². The Balaban J connectivity index is 1.69. The molecule has 3 aromatic heterocycles. The largest absolute Gasteiger partial charge is 0.378 e. The molecular weight excluding hydrogens is 348 g/mol. The topological polar surface area (TPSA) is 61.0 Å². The van der Waals surface area contributed by atoms with Crippen molar-refractivity contribution in [2.45, 2.75) is 33.7 Å². The van der Waals surface area contributed by atoms with Crippen molar-refractivity contribution in [3.63, 3.8) is 0 Å². The fourth-order valence-electron chi connectivity index (χ4n) is 3.40. The molecule has 0 atom stereocenters. The lowest BCUT2D eigenvalue weighted by Gasteiger charge is -2.25. The van der Waals surface area contributed by atoms with E-state index in [4.69, 9.17) is 9.84 Å². The van der Waals surface area contributed by atoms with Crippen molar-refractivity contribution in [2.75, 3.05) is 31.2 Å². The SMILES string of the molecule is CCCn1nc(C)c(-n2ccnc2-c2cnc(N3CCOCC3)s2)c1C. The number of morpholine rings is 1. The fraction of sp³-hybridized carbons (Fsp3) is 0.500. The molecule has 4 heterocycles. The summed E-state index contributed by atoms with van der Waals surface area (Å²) in [4.78, 5) is 12.6. The second-order valence-corrected chi connectivity index (χ2v) is 7.48. The maximum atomic E-state index is 5.44. The molecule has 0 aliphatic carbocycles. The first-order valence-electron chi connectivity index (χ1n) is 9.05. The summed E-state index contributed by atoms with van der Waals surface area (Å²) in [5.74, 6) is 0.921. The summed E-state index contributed by atoms with van der Waals surface area (Å²) in [6.45, 7) is 10.6. The van der Waals surface area contributed by atoms with Crippen molar-refractivity contribution >= 4 is 16.5 Å². The molecule has 0 bridgehead atoms. The predicted octanol–water partition coefficient (Wildman–Crippen LogP) is 3.06. The van der Waals surface area contributed by atoms with Crippen LogP contribution >= 0.6 is 11.3 Å². The van der Waals surface area contributed by atoms with Crippen molar-refractivity contribution in [1.29, 1.82) is 0 Å². The number of ether oxygens (including phenoxy) is 1. The fourth-order valence-corrected chi connectivity index (χ4v) is 4.36. The minimum absolute atomic E-state index is 0.762. The number of imidazole rings is 1. The van der Waals surface area contributed by atoms with Gasteiger partial charge in [-0.1, -0.05) is 18.3 Å². The van der Waals surface area contributed by atoms with Gasteiger partial charge < -0.3 is 9.64 Å². The molecule has 0 aromatic carbocycles. The number of hydrogen-bond acceptors (Lipinski definition) is 6. The Labute approximate surface area is 157 Å². The van der Waals surface area contributed by atoms with Gasteiger partial charge in [-0.3, -0.25) is 9.25 Å². The number of thiazole rings is 1. The number of nitrogens with zero attached hydrogens (tertiary/aromatic N) is 6. The molecule has 0 saturated carbocycles. The molecule has 1 fully saturated rings. The monoisotopic (exact) mass is 372 g/mol. The molecule has 3 aromatic rings. The lowest BCUT2D eigenvalue weighted by Crippen LogP contribution is -2.36. The molecular formula is C18H24N6OS. The first-order valence-corrected chi connectivity index (χ1v) is 9.87. The highest BCUT2D eigenvalue weighted by molar-refractivity contribution is 7.18. The van der Waals surface area contributed by atoms with Gasteiger partial charge in [-0.15, -0.1) is 0 Å². The van der Waals surface area contributed by atoms with Crippen LogP contribution in [-0.2, 0) is 11.3 Å². The van der Waals surface area contributed by atoms with E-state index in [1.54, 1.807) is 11.3 Å². The second kappa shape index (κ2) is 7.20. The van der Waals surface area contributed by atoms with Gasteiger partial charge in [0.2, 0.25) is 0 Å². The molecule has 138 valence electrons. The van der Waals surface area contributed by atoms with Gasteiger partial charge in [-0.2, -0.15) is 5.10 Å². The zero-order valence-corrected chi connectivity index (χ0v) is 16.3. The van der Waals surface area contributed by atoms with Crippen molar-refractivity contribution in [1.82, 2.24) is 24.3 Å². The van der Waals surface area contributed by atoms with E-state index in [-0.39, 0.29) is 0 Å². The standard InChI is InChI=1S/C18H24N6OS/c1-4-6-24-14(3)16(13(2)21-24)23-7-5-19-17(23)15-12-20-18(26-15)22-8-10-25-11-9-22/h5,7,12H,4,6,8-11H2,1-3H3. The highest BCUT2D eigenvalue weighted by Crippen LogP contribution is 2.33. The third-order valence-electron chi connectivity index (χ3n) is 4.66. The lowest BCUT2D eigenvalue weighted by atomic mass is 10.3. The predicted molar refractivity (Wildman–Crippen MR) is 103 cm³/mol. The smallest absolute Gasteiger partial charge is 0.186 e. The van der Waals surface area contributed by atoms with E-state index in [1.807, 2.05) is 18.6 Å². The van der Waals surface area contributed by atoms with Crippen molar-refractivity contribution < 1.29 is 4.74 Å². The number of aryl methyl sites for hydroxylation is 2. The molecule has 1 aliphatic heterocycles. The van der Waals surface area contributed by atoms with Crippen molar-refractivity contribution in [3.05, 3.63) is 30.0 Å². The van der Waals surface area contributed by atoms with Gasteiger partial charge in [-0.25, -0.2) is 9.97 Å². The molecule has 0 N–H and O–H groups in total. The number of hydrogen-bond donors (Lipinski definition) is 0. The summed E-state index contributed by atoms with van der Waals surface area (Å²) in [7, 11) is 0. The van der Waals surface area contributed by atoms with E-state index in [0.717, 1.165) is 66.5 Å². The summed E-state index contributed by atoms with van der Waals surface area (Å²) in [5.41, 5.74) is 3.31. The van der Waals surface area contributed by atoms with Crippen molar-refractivity contribution in [3.8, 4) is 16.4 Å². The van der Waals surface area contributed by atoms with E-state index >= 15 is 0 Å². The number of anilines is 1. The number of aromatic nitrogens is 5. The highest BCUT2D eigenvalue weighted by Gasteiger charge is 2.20. The van der Waals surface area contributed by atoms with Crippen LogP contribution in [-0.4, -0.2) is 50.6 Å². The van der Waals surface area contributed by atoms with Crippen LogP contribution in [0.5, 0.6) is 0 Å². The van der Waals surface area contributed by atoms with E-state index in [2.05, 4.69) is 44.9 Å². The van der Waals surface area contributed by atoms with Gasteiger partial charge in [0, 0.05) is 32.0 Å². The summed E-state index contributed by atoms with van der Waals surface area (Å²) < 4.78 is 9.66. The van der Waals surface area contributed by atoms with Crippen LogP contribution in [0.1, 0.15) is 24.7 Å². The molecule has 0 spiro atoms. The number of rotatable bonds is 5. The van der Waals surface area contributed by atoms with Gasteiger partial charge in [0.15, 0.2) is 11.0 Å². The quantitative estimate of drug-likeness (QED) is 0.689. The first kappa shape index (κ1) is 17.2. The van der Waals surface area contributed by atoms with Crippen LogP contribution in [0.15, 0.2) is 18.6 Å². The Bertz CT molecular complexity index is 890. The van der Waals surface area contributed by atoms with Gasteiger partial charge in [0.05, 0.1) is 41.4 Å². The Hall–Kier alpha value is -2.19. The molecule has 1 aliphatic rings. The average Bonchev–Trinajstić information content (AvgIpc) is 3.36. The minimum Gasteiger partial charge on any atom is -0.378 e. The first-order chi connectivity index (χ1) is 12.7. The van der Waals surface area contributed by atoms with Crippen LogP contribution in [0.2, 0.25) is 0 Å². The van der Waals surface area contributed by atoms with Crippen LogP contribution in [0.3, 0.4) is 0 Å². The average molecular weight is 372 g/mol. The molecule has 7 nitrogen and oxygen atoms in total. The van der Waals surface area contributed by atoms with Crippen LogP contribution in [0, 0.1) is 13.8 Å². The molecule has 0 unspecified atom stereocenters. The maximum absolute atomic E-state index is 5.44. The van der Waals surface area contributed by atoms with Gasteiger partial charge in [-0.05, 0) is 20.3 Å². The summed E-state index contributed by atoms with van der Waals surface area (Å²) in [5, 5.41) is 5.74. The summed E-state index contributed by atoms with van der Waals surface area (Å²) in [6, 6.07) is 0. The molecule has 1 saturated heterocycles. The second-order valence-electron chi connectivity index (χ2n) is 6.47. The van der Waals surface area contributed by atoms with Crippen molar-refractivity contribution in [2.24, 2.45) is 0 Å². The molecule has 26 heavy (non-hydrogen) atoms. The summed E-state index contributed by atoms with van der Waals surface area (Å²) in [6.07, 6.45) is 6.85. The van der Waals surface area contributed by atoms with Crippen LogP contribution in [0.25, 0.3) is 16.4 Å². The Kier molecular flexibility index (Phi) is 4.78. The molecule has 0 amide bonds. The Morgan fingerprint density at radius 1 is 1.19 bits per heavy atom. The third-order valence-corrected chi connectivity index (χ3v) is 5.71. The van der Waals surface area contributed by atoms with Crippen LogP contribution < -0.4 is 4.90 Å². The minimum atomic E-state index is 0.762. The zero-order valence-electron chi connectivity index (χ0n) is 15.5. The van der Waals surface area contributed by atoms with E-state index in [9.17, 15) is 0 Å². The Morgan fingerprint density at radius 2 is 2.00 bits per heavy atom. The Morgan fingerprint density at radius 3 is 2.77 bits per heavy atom. The van der Waals surface area contributed by atoms with E-state index in [1.165, 1.54) is 5.69 Å². The zero-order chi connectivity index (χ0) is 18.1. The van der Waals surface area contributed by atoms with Gasteiger partial charge in [0.25, 0.3) is 0 Å². The maximum Gasteiger partial charge on any atom is 0.186 e. The molecule has 4 rings (SSSR count). The normalized spacial score (nSPS) is 15.0. The third kappa shape index (κ3) is 3.03. The molecule has 8 heteroatoms. The van der Waals surface area contributed by atoms with Crippen LogP contribution in [0.4, 0.5) is 5.13 Å². The summed E-state index contributed by atoms with van der Waals surface area (Å²) >= 11 is 1.68.